The van der Waals surface area contributed by atoms with Gasteiger partial charge in [-0.05, 0) is 38.3 Å². The van der Waals surface area contributed by atoms with Crippen LogP contribution in [0.15, 0.2) is 30.4 Å². The van der Waals surface area contributed by atoms with E-state index in [1.807, 2.05) is 18.3 Å². The van der Waals surface area contributed by atoms with Crippen LogP contribution in [0.4, 0.5) is 0 Å². The Morgan fingerprint density at radius 2 is 2.23 bits per heavy atom. The number of hydrogen-bond donors (Lipinski definition) is 0. The van der Waals surface area contributed by atoms with Crippen LogP contribution in [0.5, 0.6) is 0 Å². The summed E-state index contributed by atoms with van der Waals surface area (Å²) in [6.45, 7) is 4.18. The van der Waals surface area contributed by atoms with Crippen molar-refractivity contribution < 1.29 is 0 Å². The fourth-order valence-corrected chi connectivity index (χ4v) is 2.65. The monoisotopic (exact) mass is 210 g/mol. The van der Waals surface area contributed by atoms with Gasteiger partial charge in [0, 0.05) is 14.7 Å². The molecule has 1 rings (SSSR count). The van der Waals surface area contributed by atoms with E-state index in [4.69, 9.17) is 0 Å². The van der Waals surface area contributed by atoms with Crippen molar-refractivity contribution in [3.05, 3.63) is 40.1 Å². The third-order valence-electron chi connectivity index (χ3n) is 1.64. The van der Waals surface area contributed by atoms with E-state index in [1.54, 1.807) is 11.8 Å². The summed E-state index contributed by atoms with van der Waals surface area (Å²) in [5.41, 5.74) is 0. The van der Waals surface area contributed by atoms with Crippen LogP contribution < -0.4 is 0 Å². The first-order valence-electron chi connectivity index (χ1n) is 4.21. The Balaban J connectivity index is 2.90. The predicted molar refractivity (Wildman–Crippen MR) is 65.4 cm³/mol. The molecular formula is C11H14S2. The summed E-state index contributed by atoms with van der Waals surface area (Å²) in [6, 6.07) is 4.35. The minimum atomic E-state index is 1.34. The Kier molecular flexibility index (Phi) is 4.33. The van der Waals surface area contributed by atoms with Crippen LogP contribution >= 0.6 is 23.1 Å². The van der Waals surface area contributed by atoms with Crippen LogP contribution in [0.1, 0.15) is 16.7 Å². The summed E-state index contributed by atoms with van der Waals surface area (Å²) >= 11 is 3.64. The van der Waals surface area contributed by atoms with E-state index in [0.717, 1.165) is 0 Å². The Morgan fingerprint density at radius 1 is 1.46 bits per heavy atom. The smallest absolute Gasteiger partial charge is 0.0408 e. The van der Waals surface area contributed by atoms with Gasteiger partial charge < -0.3 is 0 Å². The lowest BCUT2D eigenvalue weighted by molar-refractivity contribution is 1.64. The van der Waals surface area contributed by atoms with Crippen molar-refractivity contribution in [1.82, 2.24) is 0 Å². The molecule has 0 nitrogen and oxygen atoms in total. The largest absolute Gasteiger partial charge is 0.140 e. The van der Waals surface area contributed by atoms with Gasteiger partial charge in [0.15, 0.2) is 0 Å². The van der Waals surface area contributed by atoms with E-state index in [9.17, 15) is 0 Å². The first-order valence-corrected chi connectivity index (χ1v) is 6.26. The van der Waals surface area contributed by atoms with Crippen LogP contribution in [0.25, 0.3) is 4.91 Å². The number of thiophene rings is 1. The lowest BCUT2D eigenvalue weighted by Gasteiger charge is -1.97. The second-order valence-electron chi connectivity index (χ2n) is 2.67. The Hall–Kier alpha value is -0.470. The lowest BCUT2D eigenvalue weighted by Crippen LogP contribution is -1.69. The van der Waals surface area contributed by atoms with Gasteiger partial charge in [-0.2, -0.15) is 0 Å². The highest BCUT2D eigenvalue weighted by Gasteiger charge is 2.00. The van der Waals surface area contributed by atoms with Crippen molar-refractivity contribution >= 4 is 28.0 Å². The van der Waals surface area contributed by atoms with Crippen molar-refractivity contribution in [2.75, 3.05) is 6.26 Å². The fraction of sp³-hybridized carbons (Fsp3) is 0.273. The molecule has 0 aliphatic carbocycles. The lowest BCUT2D eigenvalue weighted by atomic mass is 10.4. The third kappa shape index (κ3) is 3.05. The van der Waals surface area contributed by atoms with Gasteiger partial charge in [-0.3, -0.25) is 0 Å². The van der Waals surface area contributed by atoms with Crippen molar-refractivity contribution in [1.29, 1.82) is 0 Å². The first-order chi connectivity index (χ1) is 6.27. The summed E-state index contributed by atoms with van der Waals surface area (Å²) in [7, 11) is 0. The Labute approximate surface area is 88.4 Å². The molecule has 0 saturated carbocycles. The Morgan fingerprint density at radius 3 is 2.69 bits per heavy atom. The van der Waals surface area contributed by atoms with Gasteiger partial charge in [0.1, 0.15) is 0 Å². The molecule has 0 radical (unpaired) electrons. The SMILES string of the molecule is C/C=C/C=C(\SC)c1ccc(C)s1. The second kappa shape index (κ2) is 5.30. The zero-order valence-corrected chi connectivity index (χ0v) is 9.84. The third-order valence-corrected chi connectivity index (χ3v) is 3.60. The number of hydrogen-bond acceptors (Lipinski definition) is 2. The van der Waals surface area contributed by atoms with Crippen molar-refractivity contribution in [2.45, 2.75) is 13.8 Å². The van der Waals surface area contributed by atoms with Gasteiger partial charge in [0.25, 0.3) is 0 Å². The minimum Gasteiger partial charge on any atom is -0.140 e. The standard InChI is InChI=1S/C11H14S2/c1-4-5-6-10(12-3)11-8-7-9(2)13-11/h4-8H,1-3H3/b5-4+,10-6-. The fourth-order valence-electron chi connectivity index (χ4n) is 1.00. The molecule has 1 heterocycles. The van der Waals surface area contributed by atoms with E-state index in [2.05, 4.69) is 43.5 Å². The molecule has 0 amide bonds. The highest BCUT2D eigenvalue weighted by Crippen LogP contribution is 2.30. The molecule has 0 bridgehead atoms. The topological polar surface area (TPSA) is 0 Å². The van der Waals surface area contributed by atoms with Crippen LogP contribution in [-0.4, -0.2) is 6.26 Å². The maximum atomic E-state index is 2.19. The molecule has 70 valence electrons. The quantitative estimate of drug-likeness (QED) is 0.669. The Bertz CT molecular complexity index is 319. The average molecular weight is 210 g/mol. The predicted octanol–water partition coefficient (Wildman–Crippen LogP) is 4.34. The number of aryl methyl sites for hydroxylation is 1. The zero-order chi connectivity index (χ0) is 9.68. The van der Waals surface area contributed by atoms with Crippen LogP contribution in [0.2, 0.25) is 0 Å². The normalized spacial score (nSPS) is 12.7. The number of rotatable bonds is 3. The molecule has 0 aliphatic rings. The summed E-state index contributed by atoms with van der Waals surface area (Å²) in [4.78, 5) is 4.08. The second-order valence-corrected chi connectivity index (χ2v) is 4.81. The summed E-state index contributed by atoms with van der Waals surface area (Å²) in [6.07, 6.45) is 8.41. The van der Waals surface area contributed by atoms with Crippen molar-refractivity contribution in [2.24, 2.45) is 0 Å². The molecule has 0 saturated heterocycles. The van der Waals surface area contributed by atoms with Gasteiger partial charge in [-0.1, -0.05) is 12.2 Å². The molecule has 0 atom stereocenters. The van der Waals surface area contributed by atoms with Crippen LogP contribution in [0.3, 0.4) is 0 Å². The maximum Gasteiger partial charge on any atom is 0.0408 e. The molecule has 0 aromatic carbocycles. The summed E-state index contributed by atoms with van der Waals surface area (Å²) in [5, 5.41) is 0. The minimum absolute atomic E-state index is 1.34. The molecule has 0 aliphatic heterocycles. The zero-order valence-electron chi connectivity index (χ0n) is 8.20. The first kappa shape index (κ1) is 10.6. The molecule has 0 fully saturated rings. The highest BCUT2D eigenvalue weighted by molar-refractivity contribution is 8.07. The van der Waals surface area contributed by atoms with E-state index >= 15 is 0 Å². The maximum absolute atomic E-state index is 2.19. The average Bonchev–Trinajstić information content (AvgIpc) is 2.54. The van der Waals surface area contributed by atoms with E-state index in [1.165, 1.54) is 14.7 Å². The van der Waals surface area contributed by atoms with Crippen LogP contribution in [0, 0.1) is 6.92 Å². The molecule has 0 spiro atoms. The van der Waals surface area contributed by atoms with Gasteiger partial charge in [-0.15, -0.1) is 23.1 Å². The van der Waals surface area contributed by atoms with Gasteiger partial charge in [0.2, 0.25) is 0 Å². The van der Waals surface area contributed by atoms with Crippen molar-refractivity contribution in [3.63, 3.8) is 0 Å². The van der Waals surface area contributed by atoms with Gasteiger partial charge >= 0.3 is 0 Å². The molecule has 1 aromatic heterocycles. The summed E-state index contributed by atoms with van der Waals surface area (Å²) < 4.78 is 0. The van der Waals surface area contributed by atoms with Crippen molar-refractivity contribution in [3.8, 4) is 0 Å². The van der Waals surface area contributed by atoms with Gasteiger partial charge in [0.05, 0.1) is 0 Å². The van der Waals surface area contributed by atoms with E-state index < -0.39 is 0 Å². The van der Waals surface area contributed by atoms with E-state index in [0.29, 0.717) is 0 Å². The van der Waals surface area contributed by atoms with Gasteiger partial charge in [-0.25, -0.2) is 0 Å². The molecule has 2 heteroatoms. The van der Waals surface area contributed by atoms with E-state index in [-0.39, 0.29) is 0 Å². The molecule has 0 N–H and O–H groups in total. The highest BCUT2D eigenvalue weighted by atomic mass is 32.2. The molecule has 0 unspecified atom stereocenters. The summed E-state index contributed by atoms with van der Waals surface area (Å²) in [5.74, 6) is 0. The number of allylic oxidation sites excluding steroid dienone is 3. The molecule has 1 aromatic rings. The molecule has 13 heavy (non-hydrogen) atoms. The number of thioether (sulfide) groups is 1. The van der Waals surface area contributed by atoms with Crippen LogP contribution in [-0.2, 0) is 0 Å². The molecular weight excluding hydrogens is 196 g/mol.